The van der Waals surface area contributed by atoms with Crippen molar-refractivity contribution < 1.29 is 14.1 Å². The fraction of sp³-hybridized carbons (Fsp3) is 0.250. The number of methoxy groups -OCH3 is 1. The number of benzene rings is 2. The normalized spacial score (nSPS) is 10.5. The molecule has 0 unspecified atom stereocenters. The molecule has 0 aliphatic carbocycles. The smallest absolute Gasteiger partial charge is 0.227 e. The summed E-state index contributed by atoms with van der Waals surface area (Å²) in [5, 5.41) is 6.87. The van der Waals surface area contributed by atoms with Crippen molar-refractivity contribution in [2.45, 2.75) is 26.3 Å². The van der Waals surface area contributed by atoms with Crippen molar-refractivity contribution in [3.63, 3.8) is 0 Å². The van der Waals surface area contributed by atoms with Gasteiger partial charge in [0, 0.05) is 24.9 Å². The van der Waals surface area contributed by atoms with Crippen LogP contribution in [0, 0.1) is 6.92 Å². The molecule has 134 valence electrons. The number of aryl methyl sites for hydroxylation is 2. The van der Waals surface area contributed by atoms with Crippen molar-refractivity contribution in [2.24, 2.45) is 0 Å². The number of nitrogens with one attached hydrogen (secondary N) is 1. The van der Waals surface area contributed by atoms with Crippen LogP contribution in [0.4, 0.5) is 0 Å². The number of hydrogen-bond donors (Lipinski definition) is 1. The minimum atomic E-state index is -0.0591. The first kappa shape index (κ1) is 17.7. The summed E-state index contributed by atoms with van der Waals surface area (Å²) in [7, 11) is 1.62. The van der Waals surface area contributed by atoms with Crippen molar-refractivity contribution in [1.29, 1.82) is 0 Å². The van der Waals surface area contributed by atoms with Crippen LogP contribution < -0.4 is 10.1 Å². The summed E-state index contributed by atoms with van der Waals surface area (Å²) in [6, 6.07) is 15.5. The van der Waals surface area contributed by atoms with Gasteiger partial charge < -0.3 is 14.6 Å². The second-order valence-corrected chi connectivity index (χ2v) is 6.01. The average Bonchev–Trinajstić information content (AvgIpc) is 3.14. The molecule has 0 aliphatic heterocycles. The molecule has 6 nitrogen and oxygen atoms in total. The molecule has 0 fully saturated rings. The molecule has 6 heteroatoms. The lowest BCUT2D eigenvalue weighted by molar-refractivity contribution is -0.121. The lowest BCUT2D eigenvalue weighted by Crippen LogP contribution is -2.23. The van der Waals surface area contributed by atoms with Gasteiger partial charge in [-0.15, -0.1) is 0 Å². The number of rotatable bonds is 7. The maximum Gasteiger partial charge on any atom is 0.227 e. The van der Waals surface area contributed by atoms with E-state index in [2.05, 4.69) is 15.5 Å². The highest BCUT2D eigenvalue weighted by atomic mass is 16.5. The van der Waals surface area contributed by atoms with Crippen LogP contribution in [0.2, 0.25) is 0 Å². The Hall–Kier alpha value is -3.15. The molecule has 1 N–H and O–H groups in total. The van der Waals surface area contributed by atoms with Crippen LogP contribution in [0.5, 0.6) is 5.75 Å². The van der Waals surface area contributed by atoms with Crippen LogP contribution in [0.3, 0.4) is 0 Å². The molecule has 1 amide bonds. The summed E-state index contributed by atoms with van der Waals surface area (Å²) < 4.78 is 10.4. The topological polar surface area (TPSA) is 77.2 Å². The van der Waals surface area contributed by atoms with Crippen LogP contribution in [-0.2, 0) is 17.8 Å². The molecule has 0 spiro atoms. The third-order valence-electron chi connectivity index (χ3n) is 3.96. The largest absolute Gasteiger partial charge is 0.497 e. The van der Waals surface area contributed by atoms with Gasteiger partial charge in [-0.05, 0) is 30.7 Å². The van der Waals surface area contributed by atoms with Gasteiger partial charge >= 0.3 is 0 Å². The van der Waals surface area contributed by atoms with Gasteiger partial charge in [-0.25, -0.2) is 0 Å². The van der Waals surface area contributed by atoms with Crippen LogP contribution in [-0.4, -0.2) is 23.2 Å². The Kier molecular flexibility index (Phi) is 5.63. The molecular weight excluding hydrogens is 330 g/mol. The lowest BCUT2D eigenvalue weighted by atomic mass is 10.1. The van der Waals surface area contributed by atoms with E-state index in [4.69, 9.17) is 9.26 Å². The van der Waals surface area contributed by atoms with E-state index in [1.54, 1.807) is 7.11 Å². The fourth-order valence-electron chi connectivity index (χ4n) is 2.51. The molecule has 3 rings (SSSR count). The van der Waals surface area contributed by atoms with Crippen LogP contribution in [0.1, 0.15) is 23.4 Å². The first-order chi connectivity index (χ1) is 12.6. The summed E-state index contributed by atoms with van der Waals surface area (Å²) in [5.41, 5.74) is 3.05. The van der Waals surface area contributed by atoms with E-state index in [1.165, 1.54) is 0 Å². The van der Waals surface area contributed by atoms with Crippen LogP contribution in [0.15, 0.2) is 53.1 Å². The number of amides is 1. The minimum Gasteiger partial charge on any atom is -0.497 e. The lowest BCUT2D eigenvalue weighted by Gasteiger charge is -2.05. The van der Waals surface area contributed by atoms with Gasteiger partial charge in [0.2, 0.25) is 17.6 Å². The van der Waals surface area contributed by atoms with Crippen molar-refractivity contribution in [1.82, 2.24) is 15.5 Å². The minimum absolute atomic E-state index is 0.0591. The van der Waals surface area contributed by atoms with Gasteiger partial charge in [0.25, 0.3) is 0 Å². The zero-order chi connectivity index (χ0) is 18.4. The van der Waals surface area contributed by atoms with Gasteiger partial charge in [0.05, 0.1) is 7.11 Å². The Balaban J connectivity index is 1.48. The predicted octanol–water partition coefficient (Wildman–Crippen LogP) is 3.30. The Morgan fingerprint density at radius 1 is 1.19 bits per heavy atom. The van der Waals surface area contributed by atoms with Gasteiger partial charge in [0.15, 0.2) is 0 Å². The van der Waals surface area contributed by atoms with Crippen LogP contribution in [0.25, 0.3) is 11.4 Å². The summed E-state index contributed by atoms with van der Waals surface area (Å²) in [5.74, 6) is 1.74. The molecule has 3 aromatic rings. The monoisotopic (exact) mass is 351 g/mol. The van der Waals surface area contributed by atoms with Gasteiger partial charge in [0.1, 0.15) is 5.75 Å². The highest BCUT2D eigenvalue weighted by Gasteiger charge is 2.11. The zero-order valence-electron chi connectivity index (χ0n) is 14.9. The molecule has 2 aromatic carbocycles. The summed E-state index contributed by atoms with van der Waals surface area (Å²) in [6.07, 6.45) is 0.707. The summed E-state index contributed by atoms with van der Waals surface area (Å²) in [6.45, 7) is 2.48. The number of nitrogens with zero attached hydrogens (tertiary/aromatic N) is 2. The van der Waals surface area contributed by atoms with E-state index in [-0.39, 0.29) is 5.91 Å². The molecule has 1 heterocycles. The highest BCUT2D eigenvalue weighted by molar-refractivity contribution is 5.76. The van der Waals surface area contributed by atoms with Gasteiger partial charge in [-0.2, -0.15) is 4.98 Å². The van der Waals surface area contributed by atoms with Crippen molar-refractivity contribution >= 4 is 5.91 Å². The number of aromatic nitrogens is 2. The standard InChI is InChI=1S/C20H21N3O3/c1-14-4-3-5-16(12-14)20-22-19(26-23-20)11-10-18(24)21-13-15-6-8-17(25-2)9-7-15/h3-9,12H,10-11,13H2,1-2H3,(H,21,24). The third kappa shape index (κ3) is 4.69. The summed E-state index contributed by atoms with van der Waals surface area (Å²) >= 11 is 0. The Labute approximate surface area is 152 Å². The number of carbonyl (C=O) groups is 1. The second-order valence-electron chi connectivity index (χ2n) is 6.01. The number of hydrogen-bond acceptors (Lipinski definition) is 5. The molecule has 1 aromatic heterocycles. The predicted molar refractivity (Wildman–Crippen MR) is 97.6 cm³/mol. The SMILES string of the molecule is COc1ccc(CNC(=O)CCc2nc(-c3cccc(C)c3)no2)cc1. The van der Waals surface area contributed by atoms with Gasteiger partial charge in [-0.3, -0.25) is 4.79 Å². The molecule has 0 saturated heterocycles. The molecule has 0 bridgehead atoms. The molecule has 0 saturated carbocycles. The second kappa shape index (κ2) is 8.29. The number of ether oxygens (including phenoxy) is 1. The molecule has 26 heavy (non-hydrogen) atoms. The quantitative estimate of drug-likeness (QED) is 0.707. The Morgan fingerprint density at radius 2 is 2.00 bits per heavy atom. The maximum absolute atomic E-state index is 12.0. The molecular formula is C20H21N3O3. The van der Waals surface area contributed by atoms with E-state index < -0.39 is 0 Å². The van der Waals surface area contributed by atoms with Gasteiger partial charge in [-0.1, -0.05) is 41.1 Å². The number of carbonyl (C=O) groups excluding carboxylic acids is 1. The molecule has 0 atom stereocenters. The fourth-order valence-corrected chi connectivity index (χ4v) is 2.51. The van der Waals surface area contributed by atoms with E-state index in [0.717, 1.165) is 22.4 Å². The zero-order valence-corrected chi connectivity index (χ0v) is 14.9. The third-order valence-corrected chi connectivity index (χ3v) is 3.96. The average molecular weight is 351 g/mol. The first-order valence-electron chi connectivity index (χ1n) is 8.43. The van der Waals surface area contributed by atoms with E-state index >= 15 is 0 Å². The maximum atomic E-state index is 12.0. The van der Waals surface area contributed by atoms with E-state index in [1.807, 2.05) is 55.5 Å². The van der Waals surface area contributed by atoms with Crippen molar-refractivity contribution in [3.05, 3.63) is 65.5 Å². The molecule has 0 aliphatic rings. The van der Waals surface area contributed by atoms with Crippen molar-refractivity contribution in [3.8, 4) is 17.1 Å². The Morgan fingerprint density at radius 3 is 2.73 bits per heavy atom. The van der Waals surface area contributed by atoms with Crippen molar-refractivity contribution in [2.75, 3.05) is 7.11 Å². The first-order valence-corrected chi connectivity index (χ1v) is 8.43. The molecule has 0 radical (unpaired) electrons. The van der Waals surface area contributed by atoms with E-state index in [9.17, 15) is 4.79 Å². The van der Waals surface area contributed by atoms with E-state index in [0.29, 0.717) is 31.1 Å². The highest BCUT2D eigenvalue weighted by Crippen LogP contribution is 2.17. The summed E-state index contributed by atoms with van der Waals surface area (Å²) in [4.78, 5) is 16.4. The Bertz CT molecular complexity index is 872. The van der Waals surface area contributed by atoms with Crippen LogP contribution >= 0.6 is 0 Å².